The van der Waals surface area contributed by atoms with E-state index in [0.29, 0.717) is 18.6 Å². The number of allylic oxidation sites excluding steroid dienone is 1. The van der Waals surface area contributed by atoms with Gasteiger partial charge in [-0.2, -0.15) is 0 Å². The maximum atomic E-state index is 12.9. The molecule has 1 fully saturated rings. The number of halogens is 1. The van der Waals surface area contributed by atoms with Gasteiger partial charge in [-0.1, -0.05) is 23.8 Å². The molecular formula is C13H13FO. The third-order valence-electron chi connectivity index (χ3n) is 2.67. The Balaban J connectivity index is 2.13. The molecule has 0 aromatic heterocycles. The fourth-order valence-electron chi connectivity index (χ4n) is 1.83. The molecule has 78 valence electrons. The molecule has 0 aliphatic heterocycles. The Hall–Kier alpha value is -1.44. The number of benzene rings is 1. The molecule has 2 heteroatoms. The van der Waals surface area contributed by atoms with Gasteiger partial charge in [0.25, 0.3) is 0 Å². The first-order valence-electron chi connectivity index (χ1n) is 5.21. The molecule has 0 bridgehead atoms. The molecular weight excluding hydrogens is 191 g/mol. The molecule has 0 radical (unpaired) electrons. The van der Waals surface area contributed by atoms with Crippen LogP contribution in [0.1, 0.15) is 31.2 Å². The topological polar surface area (TPSA) is 17.1 Å². The molecule has 0 saturated heterocycles. The second kappa shape index (κ2) is 4.39. The summed E-state index contributed by atoms with van der Waals surface area (Å²) in [6.07, 6.45) is 4.93. The molecule has 0 amide bonds. The van der Waals surface area contributed by atoms with E-state index >= 15 is 0 Å². The minimum absolute atomic E-state index is 0.212. The Morgan fingerprint density at radius 3 is 2.53 bits per heavy atom. The van der Waals surface area contributed by atoms with Crippen LogP contribution < -0.4 is 0 Å². The maximum absolute atomic E-state index is 12.9. The summed E-state index contributed by atoms with van der Waals surface area (Å²) in [5.41, 5.74) is 2.14. The average Bonchev–Trinajstić information content (AvgIpc) is 2.22. The first kappa shape index (κ1) is 10.1. The zero-order chi connectivity index (χ0) is 10.7. The molecule has 0 heterocycles. The van der Waals surface area contributed by atoms with Crippen LogP contribution in [0.4, 0.5) is 4.39 Å². The van der Waals surface area contributed by atoms with Crippen LogP contribution in [-0.2, 0) is 4.79 Å². The molecule has 1 aliphatic carbocycles. The van der Waals surface area contributed by atoms with Crippen molar-refractivity contribution in [2.24, 2.45) is 0 Å². The van der Waals surface area contributed by atoms with Gasteiger partial charge in [0.05, 0.1) is 0 Å². The summed E-state index contributed by atoms with van der Waals surface area (Å²) < 4.78 is 12.9. The molecule has 1 aromatic rings. The third kappa shape index (κ3) is 2.75. The molecule has 1 saturated carbocycles. The standard InChI is InChI=1S/C13H13FO/c14-12-3-1-2-11(9-12)8-10-4-6-13(15)7-5-10/h1-3,8-9H,4-7H2. The van der Waals surface area contributed by atoms with Gasteiger partial charge in [0.1, 0.15) is 11.6 Å². The van der Waals surface area contributed by atoms with Crippen LogP contribution in [0.5, 0.6) is 0 Å². The van der Waals surface area contributed by atoms with Gasteiger partial charge in [-0.25, -0.2) is 4.39 Å². The average molecular weight is 204 g/mol. The van der Waals surface area contributed by atoms with E-state index in [9.17, 15) is 9.18 Å². The van der Waals surface area contributed by atoms with Gasteiger partial charge in [0.2, 0.25) is 0 Å². The Labute approximate surface area is 88.6 Å². The molecule has 1 aliphatic rings. The SMILES string of the molecule is O=C1CCC(=Cc2cccc(F)c2)CC1. The smallest absolute Gasteiger partial charge is 0.133 e. The Morgan fingerprint density at radius 1 is 1.13 bits per heavy atom. The van der Waals surface area contributed by atoms with Crippen LogP contribution in [0, 0.1) is 5.82 Å². The zero-order valence-electron chi connectivity index (χ0n) is 8.50. The Kier molecular flexibility index (Phi) is 2.95. The van der Waals surface area contributed by atoms with Gasteiger partial charge in [-0.3, -0.25) is 4.79 Å². The predicted molar refractivity (Wildman–Crippen MR) is 57.9 cm³/mol. The van der Waals surface area contributed by atoms with Gasteiger partial charge in [0.15, 0.2) is 0 Å². The normalized spacial score (nSPS) is 16.6. The first-order valence-corrected chi connectivity index (χ1v) is 5.21. The summed E-state index contributed by atoms with van der Waals surface area (Å²) in [5, 5.41) is 0. The highest BCUT2D eigenvalue weighted by Crippen LogP contribution is 2.23. The lowest BCUT2D eigenvalue weighted by Crippen LogP contribution is -2.05. The highest BCUT2D eigenvalue weighted by Gasteiger charge is 2.12. The molecule has 0 N–H and O–H groups in total. The monoisotopic (exact) mass is 204 g/mol. The van der Waals surface area contributed by atoms with Gasteiger partial charge in [-0.15, -0.1) is 0 Å². The highest BCUT2D eigenvalue weighted by atomic mass is 19.1. The first-order chi connectivity index (χ1) is 7.24. The fourth-order valence-corrected chi connectivity index (χ4v) is 1.83. The van der Waals surface area contributed by atoms with E-state index < -0.39 is 0 Å². The van der Waals surface area contributed by atoms with Gasteiger partial charge >= 0.3 is 0 Å². The molecule has 1 nitrogen and oxygen atoms in total. The lowest BCUT2D eigenvalue weighted by molar-refractivity contribution is -0.119. The van der Waals surface area contributed by atoms with Crippen LogP contribution >= 0.6 is 0 Å². The van der Waals surface area contributed by atoms with Crippen molar-refractivity contribution in [2.45, 2.75) is 25.7 Å². The highest BCUT2D eigenvalue weighted by molar-refractivity contribution is 5.80. The minimum atomic E-state index is -0.212. The summed E-state index contributed by atoms with van der Waals surface area (Å²) in [6.45, 7) is 0. The van der Waals surface area contributed by atoms with Crippen molar-refractivity contribution in [3.8, 4) is 0 Å². The summed E-state index contributed by atoms with van der Waals surface area (Å²) in [5.74, 6) is 0.127. The lowest BCUT2D eigenvalue weighted by Gasteiger charge is -2.12. The van der Waals surface area contributed by atoms with E-state index in [1.54, 1.807) is 6.07 Å². The minimum Gasteiger partial charge on any atom is -0.300 e. The van der Waals surface area contributed by atoms with E-state index in [-0.39, 0.29) is 5.82 Å². The van der Waals surface area contributed by atoms with Crippen molar-refractivity contribution in [3.63, 3.8) is 0 Å². The molecule has 15 heavy (non-hydrogen) atoms. The Bertz CT molecular complexity index is 395. The van der Waals surface area contributed by atoms with Gasteiger partial charge < -0.3 is 0 Å². The van der Waals surface area contributed by atoms with Crippen molar-refractivity contribution < 1.29 is 9.18 Å². The number of carbonyl (C=O) groups is 1. The maximum Gasteiger partial charge on any atom is 0.133 e. The van der Waals surface area contributed by atoms with Crippen molar-refractivity contribution in [2.75, 3.05) is 0 Å². The molecule has 1 aromatic carbocycles. The van der Waals surface area contributed by atoms with Crippen LogP contribution in [0.15, 0.2) is 29.8 Å². The van der Waals surface area contributed by atoms with Gasteiger partial charge in [0, 0.05) is 12.8 Å². The van der Waals surface area contributed by atoms with Crippen LogP contribution in [0.3, 0.4) is 0 Å². The molecule has 0 atom stereocenters. The summed E-state index contributed by atoms with van der Waals surface area (Å²) in [7, 11) is 0. The van der Waals surface area contributed by atoms with E-state index in [1.807, 2.05) is 12.1 Å². The molecule has 2 rings (SSSR count). The zero-order valence-corrected chi connectivity index (χ0v) is 8.50. The van der Waals surface area contributed by atoms with Gasteiger partial charge in [-0.05, 0) is 30.5 Å². The number of Topliss-reactive ketones (excluding diaryl/α,β-unsaturated/α-hetero) is 1. The lowest BCUT2D eigenvalue weighted by atomic mass is 9.92. The van der Waals surface area contributed by atoms with E-state index in [4.69, 9.17) is 0 Å². The molecule has 0 spiro atoms. The van der Waals surface area contributed by atoms with Crippen molar-refractivity contribution in [1.29, 1.82) is 0 Å². The van der Waals surface area contributed by atoms with Crippen LogP contribution in [0.2, 0.25) is 0 Å². The van der Waals surface area contributed by atoms with Crippen molar-refractivity contribution in [1.82, 2.24) is 0 Å². The van der Waals surface area contributed by atoms with Crippen molar-refractivity contribution >= 4 is 11.9 Å². The summed E-state index contributed by atoms with van der Waals surface area (Å²) in [6, 6.07) is 6.54. The quantitative estimate of drug-likeness (QED) is 0.685. The summed E-state index contributed by atoms with van der Waals surface area (Å²) in [4.78, 5) is 11.0. The summed E-state index contributed by atoms with van der Waals surface area (Å²) >= 11 is 0. The number of carbonyl (C=O) groups excluding carboxylic acids is 1. The Morgan fingerprint density at radius 2 is 1.87 bits per heavy atom. The number of ketones is 1. The van der Waals surface area contributed by atoms with Crippen molar-refractivity contribution in [3.05, 3.63) is 41.2 Å². The largest absolute Gasteiger partial charge is 0.300 e. The number of hydrogen-bond acceptors (Lipinski definition) is 1. The van der Waals surface area contributed by atoms with E-state index in [1.165, 1.54) is 17.7 Å². The predicted octanol–water partition coefficient (Wildman–Crippen LogP) is 3.35. The number of rotatable bonds is 1. The van der Waals surface area contributed by atoms with Crippen LogP contribution in [0.25, 0.3) is 6.08 Å². The second-order valence-electron chi connectivity index (χ2n) is 3.90. The number of hydrogen-bond donors (Lipinski definition) is 0. The third-order valence-corrected chi connectivity index (χ3v) is 2.67. The van der Waals surface area contributed by atoms with E-state index in [0.717, 1.165) is 18.4 Å². The van der Waals surface area contributed by atoms with Crippen LogP contribution in [-0.4, -0.2) is 5.78 Å². The second-order valence-corrected chi connectivity index (χ2v) is 3.90. The molecule has 0 unspecified atom stereocenters. The fraction of sp³-hybridized carbons (Fsp3) is 0.308. The van der Waals surface area contributed by atoms with E-state index in [2.05, 4.69) is 0 Å².